The smallest absolute Gasteiger partial charge is 0.267 e. The van der Waals surface area contributed by atoms with Crippen LogP contribution in [0.15, 0.2) is 23.2 Å². The van der Waals surface area contributed by atoms with Gasteiger partial charge in [-0.05, 0) is 24.5 Å². The standard InChI is InChI=1S/C12H9Cl2F3N2S/c1-19-9(5-10(18-19)20-2)11-7(13)3-6(4-8(11)14)12(15,16)17/h3-5H,1-2H3. The van der Waals surface area contributed by atoms with E-state index in [1.165, 1.54) is 16.4 Å². The third-order valence-electron chi connectivity index (χ3n) is 2.69. The Bertz CT molecular complexity index is 630. The van der Waals surface area contributed by atoms with Crippen LogP contribution in [0.25, 0.3) is 11.3 Å². The van der Waals surface area contributed by atoms with Crippen LogP contribution in [0.5, 0.6) is 0 Å². The number of benzene rings is 1. The maximum absolute atomic E-state index is 12.7. The Morgan fingerprint density at radius 1 is 1.15 bits per heavy atom. The van der Waals surface area contributed by atoms with E-state index in [-0.39, 0.29) is 10.0 Å². The van der Waals surface area contributed by atoms with Gasteiger partial charge in [-0.25, -0.2) is 0 Å². The van der Waals surface area contributed by atoms with Crippen LogP contribution in [0.3, 0.4) is 0 Å². The topological polar surface area (TPSA) is 17.8 Å². The molecule has 1 aromatic carbocycles. The molecule has 2 rings (SSSR count). The van der Waals surface area contributed by atoms with Gasteiger partial charge in [0.15, 0.2) is 0 Å². The third-order valence-corrected chi connectivity index (χ3v) is 3.91. The van der Waals surface area contributed by atoms with Crippen molar-refractivity contribution < 1.29 is 13.2 Å². The van der Waals surface area contributed by atoms with E-state index in [1.54, 1.807) is 13.1 Å². The summed E-state index contributed by atoms with van der Waals surface area (Å²) in [5, 5.41) is 4.82. The van der Waals surface area contributed by atoms with Gasteiger partial charge in [-0.15, -0.1) is 11.8 Å². The Hall–Kier alpha value is -0.850. The molecule has 20 heavy (non-hydrogen) atoms. The van der Waals surface area contributed by atoms with Crippen molar-refractivity contribution in [3.05, 3.63) is 33.8 Å². The number of thioether (sulfide) groups is 1. The fourth-order valence-corrected chi connectivity index (χ4v) is 2.87. The predicted octanol–water partition coefficient (Wildman–Crippen LogP) is 5.13. The first-order valence-electron chi connectivity index (χ1n) is 5.38. The first kappa shape index (κ1) is 15.5. The van der Waals surface area contributed by atoms with Crippen LogP contribution in [0.1, 0.15) is 5.56 Å². The van der Waals surface area contributed by atoms with Crippen molar-refractivity contribution in [2.45, 2.75) is 11.2 Å². The van der Waals surface area contributed by atoms with E-state index in [2.05, 4.69) is 5.10 Å². The molecule has 0 saturated heterocycles. The maximum Gasteiger partial charge on any atom is 0.416 e. The van der Waals surface area contributed by atoms with Crippen LogP contribution in [-0.2, 0) is 13.2 Å². The summed E-state index contributed by atoms with van der Waals surface area (Å²) >= 11 is 13.4. The lowest BCUT2D eigenvalue weighted by molar-refractivity contribution is -0.137. The summed E-state index contributed by atoms with van der Waals surface area (Å²) < 4.78 is 39.6. The SMILES string of the molecule is CSc1cc(-c2c(Cl)cc(C(F)(F)F)cc2Cl)n(C)n1. The maximum atomic E-state index is 12.7. The van der Waals surface area contributed by atoms with Gasteiger partial charge in [0, 0.05) is 12.6 Å². The van der Waals surface area contributed by atoms with Gasteiger partial charge in [-0.3, -0.25) is 4.68 Å². The molecule has 0 saturated carbocycles. The number of alkyl halides is 3. The summed E-state index contributed by atoms with van der Waals surface area (Å²) in [6, 6.07) is 3.47. The number of rotatable bonds is 2. The van der Waals surface area contributed by atoms with E-state index >= 15 is 0 Å². The van der Waals surface area contributed by atoms with Crippen LogP contribution >= 0.6 is 35.0 Å². The Kier molecular flexibility index (Phi) is 4.27. The summed E-state index contributed by atoms with van der Waals surface area (Å²) in [5.41, 5.74) is 0.0400. The predicted molar refractivity (Wildman–Crippen MR) is 75.4 cm³/mol. The molecule has 0 N–H and O–H groups in total. The molecule has 0 spiro atoms. The average Bonchev–Trinajstić information content (AvgIpc) is 2.69. The Labute approximate surface area is 127 Å². The van der Waals surface area contributed by atoms with E-state index in [4.69, 9.17) is 23.2 Å². The molecule has 2 aromatic rings. The van der Waals surface area contributed by atoms with Gasteiger partial charge in [-0.2, -0.15) is 18.3 Å². The summed E-state index contributed by atoms with van der Waals surface area (Å²) in [4.78, 5) is 0. The minimum absolute atomic E-state index is 0.0551. The van der Waals surface area contributed by atoms with Gasteiger partial charge in [0.25, 0.3) is 0 Å². The molecule has 1 aromatic heterocycles. The number of halogens is 5. The molecule has 0 fully saturated rings. The zero-order valence-corrected chi connectivity index (χ0v) is 12.8. The molecule has 1 heterocycles. The van der Waals surface area contributed by atoms with Crippen molar-refractivity contribution in [2.75, 3.05) is 6.26 Å². The van der Waals surface area contributed by atoms with Gasteiger partial charge in [0.2, 0.25) is 0 Å². The summed E-state index contributed by atoms with van der Waals surface area (Å²) in [7, 11) is 1.68. The molecule has 0 aliphatic heterocycles. The number of hydrogen-bond donors (Lipinski definition) is 0. The molecule has 0 bridgehead atoms. The quantitative estimate of drug-likeness (QED) is 0.705. The zero-order valence-electron chi connectivity index (χ0n) is 10.4. The fraction of sp³-hybridized carbons (Fsp3) is 0.250. The average molecular weight is 341 g/mol. The van der Waals surface area contributed by atoms with Gasteiger partial charge < -0.3 is 0 Å². The Morgan fingerprint density at radius 3 is 2.10 bits per heavy atom. The summed E-state index contributed by atoms with van der Waals surface area (Å²) in [5.74, 6) is 0. The van der Waals surface area contributed by atoms with Crippen LogP contribution < -0.4 is 0 Å². The fourth-order valence-electron chi connectivity index (χ4n) is 1.76. The normalized spacial score (nSPS) is 11.9. The lowest BCUT2D eigenvalue weighted by Crippen LogP contribution is -2.05. The number of aromatic nitrogens is 2. The van der Waals surface area contributed by atoms with E-state index in [0.29, 0.717) is 11.3 Å². The van der Waals surface area contributed by atoms with Gasteiger partial charge in [0.05, 0.1) is 21.3 Å². The molecule has 108 valence electrons. The van der Waals surface area contributed by atoms with E-state index in [1.807, 2.05) is 6.26 Å². The molecule has 8 heteroatoms. The summed E-state index contributed by atoms with van der Waals surface area (Å²) in [6.07, 6.45) is -2.63. The largest absolute Gasteiger partial charge is 0.416 e. The van der Waals surface area contributed by atoms with Crippen molar-refractivity contribution in [1.82, 2.24) is 9.78 Å². The van der Waals surface area contributed by atoms with Crippen molar-refractivity contribution in [3.63, 3.8) is 0 Å². The number of hydrogen-bond acceptors (Lipinski definition) is 2. The second-order valence-corrected chi connectivity index (χ2v) is 5.65. The second kappa shape index (κ2) is 5.50. The second-order valence-electron chi connectivity index (χ2n) is 4.01. The summed E-state index contributed by atoms with van der Waals surface area (Å²) in [6.45, 7) is 0. The van der Waals surface area contributed by atoms with Gasteiger partial charge >= 0.3 is 6.18 Å². The highest BCUT2D eigenvalue weighted by Gasteiger charge is 2.32. The van der Waals surface area contributed by atoms with Crippen LogP contribution in [0.2, 0.25) is 10.0 Å². The molecular formula is C12H9Cl2F3N2S. The van der Waals surface area contributed by atoms with Crippen molar-refractivity contribution >= 4 is 35.0 Å². The zero-order chi connectivity index (χ0) is 15.1. The van der Waals surface area contributed by atoms with E-state index in [9.17, 15) is 13.2 Å². The van der Waals surface area contributed by atoms with Crippen LogP contribution in [0.4, 0.5) is 13.2 Å². The van der Waals surface area contributed by atoms with E-state index in [0.717, 1.165) is 17.2 Å². The van der Waals surface area contributed by atoms with E-state index < -0.39 is 11.7 Å². The van der Waals surface area contributed by atoms with Gasteiger partial charge in [0.1, 0.15) is 5.03 Å². The molecule has 0 amide bonds. The molecule has 0 unspecified atom stereocenters. The minimum atomic E-state index is -4.48. The number of nitrogens with zero attached hydrogens (tertiary/aromatic N) is 2. The lowest BCUT2D eigenvalue weighted by Gasteiger charge is -2.12. The van der Waals surface area contributed by atoms with Crippen molar-refractivity contribution in [3.8, 4) is 11.3 Å². The molecular weight excluding hydrogens is 332 g/mol. The first-order valence-corrected chi connectivity index (χ1v) is 7.36. The highest BCUT2D eigenvalue weighted by molar-refractivity contribution is 7.98. The van der Waals surface area contributed by atoms with Crippen molar-refractivity contribution in [1.29, 1.82) is 0 Å². The monoisotopic (exact) mass is 340 g/mol. The molecule has 0 radical (unpaired) electrons. The Morgan fingerprint density at radius 2 is 1.70 bits per heavy atom. The highest BCUT2D eigenvalue weighted by Crippen LogP contribution is 2.40. The molecule has 2 nitrogen and oxygen atoms in total. The number of aryl methyl sites for hydroxylation is 1. The van der Waals surface area contributed by atoms with Crippen molar-refractivity contribution in [2.24, 2.45) is 7.05 Å². The minimum Gasteiger partial charge on any atom is -0.267 e. The van der Waals surface area contributed by atoms with Crippen LogP contribution in [-0.4, -0.2) is 16.0 Å². The molecule has 0 aliphatic carbocycles. The first-order chi connectivity index (χ1) is 9.24. The molecule has 0 atom stereocenters. The Balaban J connectivity index is 2.61. The van der Waals surface area contributed by atoms with Gasteiger partial charge in [-0.1, -0.05) is 23.2 Å². The molecule has 0 aliphatic rings. The lowest BCUT2D eigenvalue weighted by atomic mass is 10.1. The van der Waals surface area contributed by atoms with Crippen LogP contribution in [0, 0.1) is 0 Å². The third kappa shape index (κ3) is 2.92. The highest BCUT2D eigenvalue weighted by atomic mass is 35.5.